The number of carbonyl (C=O) groups excluding carboxylic acids is 1. The lowest BCUT2D eigenvalue weighted by Gasteiger charge is -2.16. The van der Waals surface area contributed by atoms with Crippen molar-refractivity contribution in [2.45, 2.75) is 39.0 Å². The molecule has 2 aromatic carbocycles. The molecule has 3 rings (SSSR count). The molecule has 1 aliphatic heterocycles. The third-order valence-corrected chi connectivity index (χ3v) is 3.62. The van der Waals surface area contributed by atoms with Crippen molar-refractivity contribution in [1.29, 1.82) is 0 Å². The summed E-state index contributed by atoms with van der Waals surface area (Å²) in [6.45, 7) is 4.96. The number of ether oxygens (including phenoxy) is 2. The number of rotatable bonds is 6. The molecule has 0 aliphatic carbocycles. The van der Waals surface area contributed by atoms with Gasteiger partial charge in [0.05, 0.1) is 12.6 Å². The third kappa shape index (κ3) is 6.05. The van der Waals surface area contributed by atoms with E-state index in [2.05, 4.69) is 5.32 Å². The maximum Gasteiger partial charge on any atom is 0.407 e. The molecule has 0 spiro atoms. The number of hydrogen-bond acceptors (Lipinski definition) is 3. The smallest absolute Gasteiger partial charge is 0.407 e. The number of nitrogens with one attached hydrogen (secondary N) is 1. The molecule has 1 N–H and O–H groups in total. The minimum atomic E-state index is -0.403. The van der Waals surface area contributed by atoms with Gasteiger partial charge in [-0.25, -0.2) is 4.79 Å². The van der Waals surface area contributed by atoms with Crippen LogP contribution in [0.1, 0.15) is 25.0 Å². The second-order valence-electron chi connectivity index (χ2n) is 5.37. The molecule has 1 amide bonds. The summed E-state index contributed by atoms with van der Waals surface area (Å²) in [5.74, 6) is 0. The van der Waals surface area contributed by atoms with Crippen molar-refractivity contribution in [3.8, 4) is 0 Å². The first-order chi connectivity index (χ1) is 11.8. The van der Waals surface area contributed by atoms with E-state index < -0.39 is 6.09 Å². The van der Waals surface area contributed by atoms with Gasteiger partial charge in [-0.2, -0.15) is 0 Å². The van der Waals surface area contributed by atoms with Crippen molar-refractivity contribution in [3.63, 3.8) is 0 Å². The van der Waals surface area contributed by atoms with Crippen LogP contribution in [0.25, 0.3) is 0 Å². The zero-order valence-electron chi connectivity index (χ0n) is 14.3. The number of hydrogen-bond donors (Lipinski definition) is 1. The molecule has 4 nitrogen and oxygen atoms in total. The van der Waals surface area contributed by atoms with E-state index in [1.807, 2.05) is 74.5 Å². The minimum Gasteiger partial charge on any atom is -0.445 e. The van der Waals surface area contributed by atoms with Gasteiger partial charge in [0.25, 0.3) is 0 Å². The van der Waals surface area contributed by atoms with Gasteiger partial charge in [-0.1, -0.05) is 74.5 Å². The van der Waals surface area contributed by atoms with E-state index in [0.717, 1.165) is 12.0 Å². The Balaban J connectivity index is 0.00000100. The molecule has 0 aromatic heterocycles. The summed E-state index contributed by atoms with van der Waals surface area (Å²) < 4.78 is 10.6. The lowest BCUT2D eigenvalue weighted by Crippen LogP contribution is -2.40. The monoisotopic (exact) mass is 327 g/mol. The Bertz CT molecular complexity index is 597. The van der Waals surface area contributed by atoms with Crippen molar-refractivity contribution in [3.05, 3.63) is 71.8 Å². The standard InChI is InChI=1S/C18H19NO3.C2H6/c20-18(22-12-15-9-5-2-6-10-15)19-16(17-13-21-17)11-14-7-3-1-4-8-14;1-2/h1-10,16-17H,11-13H2,(H,19,20);1-2H3/t16?,17-;/m0./s1. The summed E-state index contributed by atoms with van der Waals surface area (Å²) in [5.41, 5.74) is 2.14. The lowest BCUT2D eigenvalue weighted by atomic mass is 10.0. The van der Waals surface area contributed by atoms with Gasteiger partial charge >= 0.3 is 6.09 Å². The van der Waals surface area contributed by atoms with E-state index >= 15 is 0 Å². The number of carbonyl (C=O) groups is 1. The highest BCUT2D eigenvalue weighted by molar-refractivity contribution is 5.67. The summed E-state index contributed by atoms with van der Waals surface area (Å²) in [6, 6.07) is 19.7. The summed E-state index contributed by atoms with van der Waals surface area (Å²) in [5, 5.41) is 2.91. The fraction of sp³-hybridized carbons (Fsp3) is 0.350. The van der Waals surface area contributed by atoms with Crippen LogP contribution in [0.3, 0.4) is 0 Å². The highest BCUT2D eigenvalue weighted by Gasteiger charge is 2.34. The van der Waals surface area contributed by atoms with Crippen LogP contribution < -0.4 is 5.32 Å². The van der Waals surface area contributed by atoms with Gasteiger partial charge in [-0.15, -0.1) is 0 Å². The lowest BCUT2D eigenvalue weighted by molar-refractivity contribution is 0.133. The number of epoxide rings is 1. The maximum absolute atomic E-state index is 12.0. The Hall–Kier alpha value is -2.33. The van der Waals surface area contributed by atoms with E-state index in [1.54, 1.807) is 0 Å². The Morgan fingerprint density at radius 1 is 1.08 bits per heavy atom. The van der Waals surface area contributed by atoms with Crippen molar-refractivity contribution >= 4 is 6.09 Å². The zero-order chi connectivity index (χ0) is 17.2. The molecule has 1 unspecified atom stereocenters. The largest absolute Gasteiger partial charge is 0.445 e. The Kier molecular flexibility index (Phi) is 7.30. The van der Waals surface area contributed by atoms with Crippen LogP contribution in [0, 0.1) is 0 Å². The van der Waals surface area contributed by atoms with Crippen LogP contribution in [0.2, 0.25) is 0 Å². The molecule has 1 heterocycles. The van der Waals surface area contributed by atoms with Gasteiger partial charge in [0, 0.05) is 0 Å². The molecule has 1 fully saturated rings. The topological polar surface area (TPSA) is 50.9 Å². The highest BCUT2D eigenvalue weighted by atomic mass is 16.6. The predicted octanol–water partition coefficient (Wildman–Crippen LogP) is 3.95. The average molecular weight is 327 g/mol. The quantitative estimate of drug-likeness (QED) is 0.817. The average Bonchev–Trinajstić information content (AvgIpc) is 3.48. The molecule has 24 heavy (non-hydrogen) atoms. The highest BCUT2D eigenvalue weighted by Crippen LogP contribution is 2.18. The van der Waals surface area contributed by atoms with Crippen molar-refractivity contribution in [2.24, 2.45) is 0 Å². The van der Waals surface area contributed by atoms with E-state index in [-0.39, 0.29) is 18.8 Å². The number of alkyl carbamates (subject to hydrolysis) is 1. The SMILES string of the molecule is CC.O=C(NC(Cc1ccccc1)[C@@H]1CO1)OCc1ccccc1. The maximum atomic E-state index is 12.0. The van der Waals surface area contributed by atoms with Crippen LogP contribution >= 0.6 is 0 Å². The zero-order valence-corrected chi connectivity index (χ0v) is 14.3. The molecular formula is C20H25NO3. The molecular weight excluding hydrogens is 302 g/mol. The van der Waals surface area contributed by atoms with Gasteiger partial charge in [-0.05, 0) is 17.5 Å². The van der Waals surface area contributed by atoms with E-state index in [1.165, 1.54) is 5.56 Å². The van der Waals surface area contributed by atoms with Gasteiger partial charge in [0.1, 0.15) is 12.7 Å². The van der Waals surface area contributed by atoms with E-state index in [0.29, 0.717) is 6.61 Å². The van der Waals surface area contributed by atoms with Crippen LogP contribution in [-0.2, 0) is 22.5 Å². The second kappa shape index (κ2) is 9.73. The van der Waals surface area contributed by atoms with Crippen molar-refractivity contribution < 1.29 is 14.3 Å². The van der Waals surface area contributed by atoms with Gasteiger partial charge in [-0.3, -0.25) is 0 Å². The molecule has 2 atom stereocenters. The first-order valence-electron chi connectivity index (χ1n) is 8.44. The molecule has 128 valence electrons. The van der Waals surface area contributed by atoms with Crippen LogP contribution in [0.15, 0.2) is 60.7 Å². The fourth-order valence-corrected chi connectivity index (χ4v) is 2.35. The first kappa shape index (κ1) is 18.0. The van der Waals surface area contributed by atoms with Crippen LogP contribution in [0.5, 0.6) is 0 Å². The van der Waals surface area contributed by atoms with Crippen LogP contribution in [-0.4, -0.2) is 24.8 Å². The van der Waals surface area contributed by atoms with Crippen molar-refractivity contribution in [1.82, 2.24) is 5.32 Å². The molecule has 2 aromatic rings. The Morgan fingerprint density at radius 3 is 2.17 bits per heavy atom. The predicted molar refractivity (Wildman–Crippen MR) is 94.8 cm³/mol. The van der Waals surface area contributed by atoms with E-state index in [4.69, 9.17) is 9.47 Å². The van der Waals surface area contributed by atoms with Crippen molar-refractivity contribution in [2.75, 3.05) is 6.61 Å². The summed E-state index contributed by atoms with van der Waals surface area (Å²) in [7, 11) is 0. The second-order valence-corrected chi connectivity index (χ2v) is 5.37. The number of benzene rings is 2. The minimum absolute atomic E-state index is 0.0503. The number of amides is 1. The molecule has 0 bridgehead atoms. The van der Waals surface area contributed by atoms with Gasteiger partial charge in [0.2, 0.25) is 0 Å². The van der Waals surface area contributed by atoms with Crippen LogP contribution in [0.4, 0.5) is 4.79 Å². The summed E-state index contributed by atoms with van der Waals surface area (Å²) in [6.07, 6.45) is 0.427. The Morgan fingerprint density at radius 2 is 1.62 bits per heavy atom. The summed E-state index contributed by atoms with van der Waals surface area (Å²) >= 11 is 0. The van der Waals surface area contributed by atoms with Gasteiger partial charge < -0.3 is 14.8 Å². The molecule has 4 heteroatoms. The third-order valence-electron chi connectivity index (χ3n) is 3.62. The Labute approximate surface area is 143 Å². The molecule has 0 radical (unpaired) electrons. The molecule has 1 aliphatic rings. The molecule has 1 saturated heterocycles. The van der Waals surface area contributed by atoms with E-state index in [9.17, 15) is 4.79 Å². The molecule has 0 saturated carbocycles. The first-order valence-corrected chi connectivity index (χ1v) is 8.44. The van der Waals surface area contributed by atoms with Gasteiger partial charge in [0.15, 0.2) is 0 Å². The summed E-state index contributed by atoms with van der Waals surface area (Å²) in [4.78, 5) is 12.0. The normalized spacial score (nSPS) is 16.3. The fourth-order valence-electron chi connectivity index (χ4n) is 2.35.